The van der Waals surface area contributed by atoms with E-state index in [0.29, 0.717) is 5.69 Å². The first kappa shape index (κ1) is 9.14. The molecule has 0 unspecified atom stereocenters. The van der Waals surface area contributed by atoms with Gasteiger partial charge in [-0.2, -0.15) is 0 Å². The van der Waals surface area contributed by atoms with E-state index in [-0.39, 0.29) is 0 Å². The Bertz CT molecular complexity index is 327. The first-order chi connectivity index (χ1) is 6.29. The van der Waals surface area contributed by atoms with Crippen molar-refractivity contribution in [2.45, 2.75) is 0 Å². The fourth-order valence-electron chi connectivity index (χ4n) is 0.901. The molecular formula is C10H9NO2. The van der Waals surface area contributed by atoms with Crippen LogP contribution in [0.5, 0.6) is 0 Å². The van der Waals surface area contributed by atoms with Gasteiger partial charge in [-0.15, -0.1) is 0 Å². The van der Waals surface area contributed by atoms with Crippen molar-refractivity contribution in [2.75, 3.05) is 12.0 Å². The lowest BCUT2D eigenvalue weighted by Gasteiger charge is -2.12. The van der Waals surface area contributed by atoms with Gasteiger partial charge in [-0.25, -0.2) is 9.69 Å². The zero-order valence-electron chi connectivity index (χ0n) is 7.23. The normalized spacial score (nSPS) is 8.62. The number of carbonyl (C=O) groups is 1. The maximum Gasteiger partial charge on any atom is 0.426 e. The second kappa shape index (κ2) is 4.17. The monoisotopic (exact) mass is 175 g/mol. The second-order valence-corrected chi connectivity index (χ2v) is 2.27. The summed E-state index contributed by atoms with van der Waals surface area (Å²) >= 11 is 0. The van der Waals surface area contributed by atoms with Crippen LogP contribution >= 0.6 is 0 Å². The maximum absolute atomic E-state index is 11.1. The van der Waals surface area contributed by atoms with Crippen LogP contribution in [0, 0.1) is 12.5 Å². The molecule has 1 aromatic rings. The molecule has 0 aliphatic heterocycles. The van der Waals surface area contributed by atoms with E-state index in [1.165, 1.54) is 7.11 Å². The van der Waals surface area contributed by atoms with Crippen molar-refractivity contribution in [3.8, 4) is 12.5 Å². The molecule has 0 saturated heterocycles. The third-order valence-electron chi connectivity index (χ3n) is 1.50. The number of ether oxygens (including phenoxy) is 1. The Labute approximate surface area is 76.9 Å². The standard InChI is InChI=1S/C10H9NO2/c1-3-11(10(12)13-2)9-7-5-4-6-8-9/h1,4-8H,2H3. The Morgan fingerprint density at radius 3 is 2.54 bits per heavy atom. The number of amides is 1. The van der Waals surface area contributed by atoms with Crippen LogP contribution in [0.1, 0.15) is 0 Å². The fourth-order valence-corrected chi connectivity index (χ4v) is 0.901. The molecule has 0 radical (unpaired) electrons. The van der Waals surface area contributed by atoms with Gasteiger partial charge in [0, 0.05) is 6.04 Å². The van der Waals surface area contributed by atoms with E-state index >= 15 is 0 Å². The van der Waals surface area contributed by atoms with Gasteiger partial charge in [0.1, 0.15) is 0 Å². The van der Waals surface area contributed by atoms with E-state index in [1.54, 1.807) is 24.3 Å². The molecule has 0 atom stereocenters. The average molecular weight is 175 g/mol. The molecule has 66 valence electrons. The van der Waals surface area contributed by atoms with E-state index in [2.05, 4.69) is 10.8 Å². The highest BCUT2D eigenvalue weighted by Gasteiger charge is 2.12. The molecule has 0 N–H and O–H groups in total. The van der Waals surface area contributed by atoms with Crippen molar-refractivity contribution in [1.29, 1.82) is 0 Å². The van der Waals surface area contributed by atoms with Crippen LogP contribution in [0.2, 0.25) is 0 Å². The summed E-state index contributed by atoms with van der Waals surface area (Å²) in [7, 11) is 1.29. The minimum absolute atomic E-state index is 0.561. The molecule has 0 fully saturated rings. The summed E-state index contributed by atoms with van der Waals surface area (Å²) in [5.41, 5.74) is 0.622. The zero-order chi connectivity index (χ0) is 9.68. The number of methoxy groups -OCH3 is 1. The van der Waals surface area contributed by atoms with Crippen molar-refractivity contribution in [1.82, 2.24) is 0 Å². The number of rotatable bonds is 1. The fraction of sp³-hybridized carbons (Fsp3) is 0.100. The Balaban J connectivity index is 2.93. The van der Waals surface area contributed by atoms with Gasteiger partial charge in [0.05, 0.1) is 12.8 Å². The highest BCUT2D eigenvalue weighted by atomic mass is 16.5. The number of terminal acetylenes is 1. The van der Waals surface area contributed by atoms with Gasteiger partial charge in [0.15, 0.2) is 0 Å². The van der Waals surface area contributed by atoms with E-state index in [1.807, 2.05) is 6.07 Å². The average Bonchev–Trinajstić information content (AvgIpc) is 2.20. The molecule has 0 bridgehead atoms. The van der Waals surface area contributed by atoms with Crippen molar-refractivity contribution in [2.24, 2.45) is 0 Å². The summed E-state index contributed by atoms with van der Waals surface area (Å²) in [6.45, 7) is 0. The molecule has 0 aliphatic carbocycles. The molecule has 3 nitrogen and oxygen atoms in total. The van der Waals surface area contributed by atoms with Gasteiger partial charge < -0.3 is 4.74 Å². The summed E-state index contributed by atoms with van der Waals surface area (Å²) in [4.78, 5) is 12.2. The highest BCUT2D eigenvalue weighted by Crippen LogP contribution is 2.12. The lowest BCUT2D eigenvalue weighted by atomic mass is 10.3. The van der Waals surface area contributed by atoms with E-state index in [4.69, 9.17) is 6.42 Å². The Hall–Kier alpha value is -1.95. The zero-order valence-corrected chi connectivity index (χ0v) is 7.23. The molecule has 0 aliphatic rings. The lowest BCUT2D eigenvalue weighted by Crippen LogP contribution is -2.25. The first-order valence-electron chi connectivity index (χ1n) is 3.69. The minimum atomic E-state index is -0.561. The number of hydrogen-bond acceptors (Lipinski definition) is 2. The van der Waals surface area contributed by atoms with Crippen molar-refractivity contribution >= 4 is 11.8 Å². The quantitative estimate of drug-likeness (QED) is 0.481. The molecule has 13 heavy (non-hydrogen) atoms. The van der Waals surface area contributed by atoms with Crippen LogP contribution in [-0.4, -0.2) is 13.2 Å². The van der Waals surface area contributed by atoms with Gasteiger partial charge >= 0.3 is 6.09 Å². The number of para-hydroxylation sites is 1. The van der Waals surface area contributed by atoms with Gasteiger partial charge in [-0.05, 0) is 12.1 Å². The predicted molar refractivity (Wildman–Crippen MR) is 50.2 cm³/mol. The molecule has 0 spiro atoms. The van der Waals surface area contributed by atoms with Crippen LogP contribution in [0.3, 0.4) is 0 Å². The first-order valence-corrected chi connectivity index (χ1v) is 3.69. The number of benzene rings is 1. The Morgan fingerprint density at radius 2 is 2.08 bits per heavy atom. The Kier molecular flexibility index (Phi) is 2.93. The van der Waals surface area contributed by atoms with E-state index < -0.39 is 6.09 Å². The van der Waals surface area contributed by atoms with Crippen molar-refractivity contribution < 1.29 is 9.53 Å². The SMILES string of the molecule is C#CN(C(=O)OC)c1ccccc1. The van der Waals surface area contributed by atoms with Crippen LogP contribution in [0.25, 0.3) is 0 Å². The summed E-state index contributed by atoms with van der Waals surface area (Å²) in [5.74, 6) is 0. The smallest absolute Gasteiger partial charge is 0.426 e. The second-order valence-electron chi connectivity index (χ2n) is 2.27. The largest absolute Gasteiger partial charge is 0.452 e. The summed E-state index contributed by atoms with van der Waals surface area (Å²) in [6.07, 6.45) is 4.59. The molecular weight excluding hydrogens is 166 g/mol. The van der Waals surface area contributed by atoms with Crippen LogP contribution in [-0.2, 0) is 4.74 Å². The van der Waals surface area contributed by atoms with Crippen molar-refractivity contribution in [3.05, 3.63) is 30.3 Å². The third-order valence-corrected chi connectivity index (χ3v) is 1.50. The van der Waals surface area contributed by atoms with E-state index in [0.717, 1.165) is 4.90 Å². The number of hydrogen-bond donors (Lipinski definition) is 0. The lowest BCUT2D eigenvalue weighted by molar-refractivity contribution is 0.182. The summed E-state index contributed by atoms with van der Waals surface area (Å²) in [6, 6.07) is 11.1. The molecule has 1 rings (SSSR count). The predicted octanol–water partition coefficient (Wildman–Crippen LogP) is 1.85. The summed E-state index contributed by atoms with van der Waals surface area (Å²) in [5, 5.41) is 0. The molecule has 1 amide bonds. The van der Waals surface area contributed by atoms with Crippen LogP contribution in [0.15, 0.2) is 30.3 Å². The van der Waals surface area contributed by atoms with Crippen LogP contribution < -0.4 is 4.90 Å². The molecule has 0 heterocycles. The van der Waals surface area contributed by atoms with Gasteiger partial charge in [0.2, 0.25) is 0 Å². The highest BCUT2D eigenvalue weighted by molar-refractivity contribution is 5.90. The number of nitrogens with zero attached hydrogens (tertiary/aromatic N) is 1. The molecule has 3 heteroatoms. The molecule has 0 saturated carbocycles. The third kappa shape index (κ3) is 2.00. The van der Waals surface area contributed by atoms with Crippen LogP contribution in [0.4, 0.5) is 10.5 Å². The molecule has 1 aromatic carbocycles. The van der Waals surface area contributed by atoms with E-state index in [9.17, 15) is 4.79 Å². The van der Waals surface area contributed by atoms with Gasteiger partial charge in [-0.3, -0.25) is 0 Å². The molecule has 0 aromatic heterocycles. The van der Waals surface area contributed by atoms with Gasteiger partial charge in [-0.1, -0.05) is 24.6 Å². The topological polar surface area (TPSA) is 29.5 Å². The van der Waals surface area contributed by atoms with Gasteiger partial charge in [0.25, 0.3) is 0 Å². The Morgan fingerprint density at radius 1 is 1.46 bits per heavy atom. The summed E-state index contributed by atoms with van der Waals surface area (Å²) < 4.78 is 4.50. The minimum Gasteiger partial charge on any atom is -0.452 e. The number of carbonyl (C=O) groups excluding carboxylic acids is 1. The van der Waals surface area contributed by atoms with Crippen molar-refractivity contribution in [3.63, 3.8) is 0 Å². The maximum atomic E-state index is 11.1. The number of anilines is 1.